The Kier molecular flexibility index (Phi) is 4.54. The van der Waals surface area contributed by atoms with Gasteiger partial charge in [0, 0.05) is 0 Å². The van der Waals surface area contributed by atoms with Gasteiger partial charge >= 0.3 is 18.2 Å². The molecule has 9 heteroatoms. The molecule has 120 valence electrons. The zero-order valence-corrected chi connectivity index (χ0v) is 12.0. The van der Waals surface area contributed by atoms with Gasteiger partial charge in [-0.2, -0.15) is 13.2 Å². The highest BCUT2D eigenvalue weighted by atomic mass is 19.4. The van der Waals surface area contributed by atoms with Crippen molar-refractivity contribution in [3.8, 4) is 0 Å². The number of imide groups is 1. The van der Waals surface area contributed by atoms with Gasteiger partial charge in [-0.05, 0) is 27.2 Å². The Labute approximate surface area is 119 Å². The van der Waals surface area contributed by atoms with Gasteiger partial charge in [0.25, 0.3) is 0 Å². The molecule has 0 aromatic carbocycles. The molecule has 0 N–H and O–H groups in total. The summed E-state index contributed by atoms with van der Waals surface area (Å²) >= 11 is 0. The highest BCUT2D eigenvalue weighted by Crippen LogP contribution is 2.37. The van der Waals surface area contributed by atoms with Crippen LogP contribution in [-0.4, -0.2) is 47.8 Å². The molecule has 1 heterocycles. The molecule has 0 saturated carbocycles. The summed E-state index contributed by atoms with van der Waals surface area (Å²) in [4.78, 5) is 35.0. The van der Waals surface area contributed by atoms with Crippen molar-refractivity contribution in [2.45, 2.75) is 45.0 Å². The number of nitrogens with zero attached hydrogens (tertiary/aromatic N) is 1. The van der Waals surface area contributed by atoms with Crippen LogP contribution in [0.5, 0.6) is 0 Å². The number of alkyl halides is 3. The third-order valence-corrected chi connectivity index (χ3v) is 2.76. The lowest BCUT2D eigenvalue weighted by molar-refractivity contribution is -0.177. The molecule has 21 heavy (non-hydrogen) atoms. The summed E-state index contributed by atoms with van der Waals surface area (Å²) in [6.07, 6.45) is -7.15. The van der Waals surface area contributed by atoms with Crippen LogP contribution in [0.4, 0.5) is 18.0 Å². The van der Waals surface area contributed by atoms with E-state index in [1.807, 2.05) is 0 Å². The van der Waals surface area contributed by atoms with Gasteiger partial charge in [-0.1, -0.05) is 0 Å². The lowest BCUT2D eigenvalue weighted by Gasteiger charge is -2.28. The Morgan fingerprint density at radius 1 is 1.24 bits per heavy atom. The van der Waals surface area contributed by atoms with Crippen LogP contribution >= 0.6 is 0 Å². The van der Waals surface area contributed by atoms with Crippen molar-refractivity contribution in [3.63, 3.8) is 0 Å². The summed E-state index contributed by atoms with van der Waals surface area (Å²) in [6.45, 7) is 4.35. The first-order valence-electron chi connectivity index (χ1n) is 6.09. The van der Waals surface area contributed by atoms with E-state index in [1.54, 1.807) is 0 Å². The van der Waals surface area contributed by atoms with Gasteiger partial charge in [0.2, 0.25) is 5.91 Å². The maximum absolute atomic E-state index is 13.0. The summed E-state index contributed by atoms with van der Waals surface area (Å²) in [6, 6.07) is -2.40. The number of hydrogen-bond acceptors (Lipinski definition) is 5. The normalized spacial score (nSPS) is 23.2. The Balaban J connectivity index is 3.09. The smallest absolute Gasteiger partial charge is 0.417 e. The molecule has 6 nitrogen and oxygen atoms in total. The van der Waals surface area contributed by atoms with Gasteiger partial charge in [0.1, 0.15) is 17.6 Å². The van der Waals surface area contributed by atoms with E-state index in [0.29, 0.717) is 0 Å². The number of ether oxygens (including phenoxy) is 2. The summed E-state index contributed by atoms with van der Waals surface area (Å²) in [7, 11) is 0.953. The van der Waals surface area contributed by atoms with E-state index >= 15 is 0 Å². The Bertz CT molecular complexity index is 455. The van der Waals surface area contributed by atoms with Crippen LogP contribution in [0.1, 0.15) is 27.2 Å². The van der Waals surface area contributed by atoms with Gasteiger partial charge in [-0.3, -0.25) is 9.59 Å². The molecule has 1 saturated heterocycles. The number of halogens is 3. The summed E-state index contributed by atoms with van der Waals surface area (Å²) in [5.74, 6) is -4.03. The average Bonchev–Trinajstić information content (AvgIpc) is 2.63. The van der Waals surface area contributed by atoms with Crippen molar-refractivity contribution in [1.29, 1.82) is 0 Å². The number of hydrogen-bond donors (Lipinski definition) is 0. The quantitative estimate of drug-likeness (QED) is 0.546. The fourth-order valence-corrected chi connectivity index (χ4v) is 1.90. The number of rotatable bonds is 1. The first kappa shape index (κ1) is 17.3. The zero-order chi connectivity index (χ0) is 16.6. The second-order valence-corrected chi connectivity index (χ2v) is 5.56. The predicted octanol–water partition coefficient (Wildman–Crippen LogP) is 1.87. The van der Waals surface area contributed by atoms with Crippen LogP contribution in [0, 0.1) is 5.92 Å². The first-order valence-corrected chi connectivity index (χ1v) is 6.09. The van der Waals surface area contributed by atoms with Crippen molar-refractivity contribution in [2.24, 2.45) is 5.92 Å². The molecule has 1 fully saturated rings. The maximum atomic E-state index is 13.0. The molecule has 0 aliphatic carbocycles. The largest absolute Gasteiger partial charge is 0.468 e. The van der Waals surface area contributed by atoms with Crippen molar-refractivity contribution in [3.05, 3.63) is 0 Å². The van der Waals surface area contributed by atoms with Crippen LogP contribution in [-0.2, 0) is 19.1 Å². The Hall–Kier alpha value is -1.80. The van der Waals surface area contributed by atoms with Crippen molar-refractivity contribution >= 4 is 18.0 Å². The predicted molar refractivity (Wildman–Crippen MR) is 63.0 cm³/mol. The fourth-order valence-electron chi connectivity index (χ4n) is 1.90. The number of likely N-dealkylation sites (tertiary alicyclic amines) is 1. The Morgan fingerprint density at radius 2 is 1.76 bits per heavy atom. The summed E-state index contributed by atoms with van der Waals surface area (Å²) in [5, 5.41) is 0. The van der Waals surface area contributed by atoms with Gasteiger partial charge in [0.15, 0.2) is 0 Å². The maximum Gasteiger partial charge on any atom is 0.417 e. The highest BCUT2D eigenvalue weighted by molar-refractivity contribution is 6.05. The van der Waals surface area contributed by atoms with E-state index in [9.17, 15) is 27.6 Å². The molecule has 2 atom stereocenters. The Morgan fingerprint density at radius 3 is 2.14 bits per heavy atom. The van der Waals surface area contributed by atoms with E-state index in [0.717, 1.165) is 7.11 Å². The number of amides is 2. The molecule has 0 bridgehead atoms. The second kappa shape index (κ2) is 5.53. The van der Waals surface area contributed by atoms with E-state index in [4.69, 9.17) is 4.74 Å². The highest BCUT2D eigenvalue weighted by Gasteiger charge is 2.58. The van der Waals surface area contributed by atoms with Crippen LogP contribution in [0.15, 0.2) is 0 Å². The molecule has 0 spiro atoms. The molecule has 1 aliphatic rings. The second-order valence-electron chi connectivity index (χ2n) is 5.56. The van der Waals surface area contributed by atoms with E-state index in [1.165, 1.54) is 20.8 Å². The van der Waals surface area contributed by atoms with Crippen molar-refractivity contribution in [1.82, 2.24) is 4.90 Å². The molecule has 0 radical (unpaired) electrons. The minimum Gasteiger partial charge on any atom is -0.468 e. The molecule has 1 aliphatic heterocycles. The third-order valence-electron chi connectivity index (χ3n) is 2.76. The number of methoxy groups -OCH3 is 1. The molecular formula is C12H16F3NO5. The van der Waals surface area contributed by atoms with Crippen LogP contribution in [0.2, 0.25) is 0 Å². The third kappa shape index (κ3) is 3.85. The van der Waals surface area contributed by atoms with E-state index in [2.05, 4.69) is 4.74 Å². The van der Waals surface area contributed by atoms with Gasteiger partial charge in [0.05, 0.1) is 7.11 Å². The van der Waals surface area contributed by atoms with Crippen molar-refractivity contribution < 1.29 is 37.0 Å². The van der Waals surface area contributed by atoms with E-state index in [-0.39, 0.29) is 4.90 Å². The number of carbonyl (C=O) groups excluding carboxylic acids is 3. The minimum absolute atomic E-state index is 0.0488. The molecule has 2 amide bonds. The lowest BCUT2D eigenvalue weighted by atomic mass is 10.1. The molecular weight excluding hydrogens is 295 g/mol. The van der Waals surface area contributed by atoms with Gasteiger partial charge in [-0.25, -0.2) is 9.69 Å². The van der Waals surface area contributed by atoms with Crippen LogP contribution < -0.4 is 0 Å². The van der Waals surface area contributed by atoms with E-state index < -0.39 is 48.1 Å². The number of carbonyl (C=O) groups is 3. The summed E-state index contributed by atoms with van der Waals surface area (Å²) in [5.41, 5.74) is -1.07. The topological polar surface area (TPSA) is 72.9 Å². The zero-order valence-electron chi connectivity index (χ0n) is 12.0. The molecule has 0 aromatic heterocycles. The van der Waals surface area contributed by atoms with Crippen molar-refractivity contribution in [2.75, 3.05) is 7.11 Å². The summed E-state index contributed by atoms with van der Waals surface area (Å²) < 4.78 is 48.0. The SMILES string of the molecule is COC(=O)C1C[C@H](C(F)(F)F)N(C(=O)OC(C)(C)C)C1=O. The lowest BCUT2D eigenvalue weighted by Crippen LogP contribution is -2.48. The molecule has 1 unspecified atom stereocenters. The van der Waals surface area contributed by atoms with Crippen LogP contribution in [0.25, 0.3) is 0 Å². The molecule has 1 rings (SSSR count). The van der Waals surface area contributed by atoms with Crippen LogP contribution in [0.3, 0.4) is 0 Å². The first-order chi connectivity index (χ1) is 9.38. The number of esters is 1. The minimum atomic E-state index is -4.85. The van der Waals surface area contributed by atoms with Gasteiger partial charge in [-0.15, -0.1) is 0 Å². The average molecular weight is 311 g/mol. The molecule has 0 aromatic rings. The van der Waals surface area contributed by atoms with Gasteiger partial charge < -0.3 is 9.47 Å². The fraction of sp³-hybridized carbons (Fsp3) is 0.750. The monoisotopic (exact) mass is 311 g/mol. The standard InChI is InChI=1S/C12H16F3NO5/c1-11(2,3)21-10(19)16-7(12(13,14)15)5-6(8(16)17)9(18)20-4/h6-7H,5H2,1-4H3/t6?,7-/m1/s1.